The Kier molecular flexibility index (Phi) is 7.25. The molecule has 0 saturated heterocycles. The summed E-state index contributed by atoms with van der Waals surface area (Å²) in [6.07, 6.45) is 0.748. The van der Waals surface area contributed by atoms with Crippen LogP contribution >= 0.6 is 11.6 Å². The maximum atomic E-state index is 11.8. The van der Waals surface area contributed by atoms with E-state index in [4.69, 9.17) is 26.8 Å². The second kappa shape index (κ2) is 8.74. The van der Waals surface area contributed by atoms with Gasteiger partial charge in [-0.05, 0) is 24.6 Å². The fraction of sp³-hybridized carbons (Fsp3) is 0.462. The third-order valence-corrected chi connectivity index (χ3v) is 2.77. The minimum Gasteiger partial charge on any atom is -0.398 e. The van der Waals surface area contributed by atoms with Crippen molar-refractivity contribution in [2.75, 3.05) is 39.2 Å². The van der Waals surface area contributed by atoms with Crippen molar-refractivity contribution in [1.29, 1.82) is 0 Å². The quantitative estimate of drug-likeness (QED) is 0.563. The highest BCUT2D eigenvalue weighted by Crippen LogP contribution is 2.19. The first-order chi connectivity index (χ1) is 9.15. The molecule has 0 unspecified atom stereocenters. The molecule has 106 valence electrons. The number of ether oxygens (including phenoxy) is 2. The van der Waals surface area contributed by atoms with Crippen molar-refractivity contribution in [3.63, 3.8) is 0 Å². The van der Waals surface area contributed by atoms with Gasteiger partial charge in [0.1, 0.15) is 0 Å². The predicted molar refractivity (Wildman–Crippen MR) is 75.5 cm³/mol. The highest BCUT2D eigenvalue weighted by atomic mass is 35.5. The van der Waals surface area contributed by atoms with Crippen LogP contribution in [0.5, 0.6) is 0 Å². The SMILES string of the molecule is COCCOCCCNC(=O)c1ccc(N)c(Cl)c1. The summed E-state index contributed by atoms with van der Waals surface area (Å²) in [5, 5.41) is 3.17. The van der Waals surface area contributed by atoms with Gasteiger partial charge in [-0.15, -0.1) is 0 Å². The molecule has 0 bridgehead atoms. The van der Waals surface area contributed by atoms with E-state index in [1.807, 2.05) is 0 Å². The normalized spacial score (nSPS) is 10.4. The van der Waals surface area contributed by atoms with Crippen molar-refractivity contribution in [2.24, 2.45) is 0 Å². The summed E-state index contributed by atoms with van der Waals surface area (Å²) in [4.78, 5) is 11.8. The lowest BCUT2D eigenvalue weighted by atomic mass is 10.2. The smallest absolute Gasteiger partial charge is 0.251 e. The third-order valence-electron chi connectivity index (χ3n) is 2.45. The molecule has 19 heavy (non-hydrogen) atoms. The van der Waals surface area contributed by atoms with Gasteiger partial charge in [-0.1, -0.05) is 11.6 Å². The van der Waals surface area contributed by atoms with E-state index in [2.05, 4.69) is 5.32 Å². The molecular weight excluding hydrogens is 268 g/mol. The van der Waals surface area contributed by atoms with Gasteiger partial charge in [0.25, 0.3) is 5.91 Å². The Morgan fingerprint density at radius 2 is 2.16 bits per heavy atom. The summed E-state index contributed by atoms with van der Waals surface area (Å²) in [5.41, 5.74) is 6.54. The molecule has 0 fully saturated rings. The predicted octanol–water partition coefficient (Wildman–Crippen LogP) is 1.71. The molecule has 0 aliphatic rings. The van der Waals surface area contributed by atoms with Crippen LogP contribution in [0.3, 0.4) is 0 Å². The number of nitrogens with one attached hydrogen (secondary N) is 1. The van der Waals surface area contributed by atoms with E-state index in [0.717, 1.165) is 6.42 Å². The van der Waals surface area contributed by atoms with Gasteiger partial charge in [0.05, 0.1) is 23.9 Å². The Balaban J connectivity index is 2.22. The minimum atomic E-state index is -0.168. The van der Waals surface area contributed by atoms with Gasteiger partial charge in [-0.25, -0.2) is 0 Å². The monoisotopic (exact) mass is 286 g/mol. The van der Waals surface area contributed by atoms with Gasteiger partial charge in [-0.2, -0.15) is 0 Å². The molecule has 0 aliphatic heterocycles. The first-order valence-electron chi connectivity index (χ1n) is 6.05. The summed E-state index contributed by atoms with van der Waals surface area (Å²) in [6.45, 7) is 2.29. The number of hydrogen-bond acceptors (Lipinski definition) is 4. The van der Waals surface area contributed by atoms with E-state index < -0.39 is 0 Å². The fourth-order valence-corrected chi connectivity index (χ4v) is 1.57. The topological polar surface area (TPSA) is 73.6 Å². The van der Waals surface area contributed by atoms with Gasteiger partial charge in [0.2, 0.25) is 0 Å². The van der Waals surface area contributed by atoms with Gasteiger partial charge in [0, 0.05) is 25.8 Å². The van der Waals surface area contributed by atoms with Gasteiger partial charge in [-0.3, -0.25) is 4.79 Å². The zero-order chi connectivity index (χ0) is 14.1. The van der Waals surface area contributed by atoms with Crippen LogP contribution in [0.4, 0.5) is 5.69 Å². The second-order valence-electron chi connectivity index (χ2n) is 3.95. The average Bonchev–Trinajstić information content (AvgIpc) is 2.40. The van der Waals surface area contributed by atoms with Gasteiger partial charge < -0.3 is 20.5 Å². The molecule has 0 atom stereocenters. The summed E-state index contributed by atoms with van der Waals surface area (Å²) in [6, 6.07) is 4.82. The van der Waals surface area contributed by atoms with Crippen LogP contribution in [0.25, 0.3) is 0 Å². The van der Waals surface area contributed by atoms with Crippen LogP contribution in [0.2, 0.25) is 5.02 Å². The molecule has 0 saturated carbocycles. The molecule has 6 heteroatoms. The van der Waals surface area contributed by atoms with Crippen molar-refractivity contribution in [2.45, 2.75) is 6.42 Å². The molecule has 0 aliphatic carbocycles. The van der Waals surface area contributed by atoms with E-state index in [0.29, 0.717) is 42.6 Å². The molecular formula is C13H19ClN2O3. The van der Waals surface area contributed by atoms with E-state index in [1.54, 1.807) is 25.3 Å². The van der Waals surface area contributed by atoms with Crippen LogP contribution in [0, 0.1) is 0 Å². The summed E-state index contributed by atoms with van der Waals surface area (Å²) >= 11 is 5.85. The van der Waals surface area contributed by atoms with Crippen molar-refractivity contribution in [3.8, 4) is 0 Å². The lowest BCUT2D eigenvalue weighted by Gasteiger charge is -2.07. The lowest BCUT2D eigenvalue weighted by Crippen LogP contribution is -2.25. The molecule has 0 radical (unpaired) electrons. The number of hydrogen-bond donors (Lipinski definition) is 2. The Morgan fingerprint density at radius 3 is 2.84 bits per heavy atom. The van der Waals surface area contributed by atoms with E-state index in [9.17, 15) is 4.79 Å². The highest BCUT2D eigenvalue weighted by Gasteiger charge is 2.06. The molecule has 3 N–H and O–H groups in total. The zero-order valence-corrected chi connectivity index (χ0v) is 11.7. The Bertz CT molecular complexity index is 413. The molecule has 1 amide bonds. The number of amides is 1. The largest absolute Gasteiger partial charge is 0.398 e. The van der Waals surface area contributed by atoms with Crippen molar-refractivity contribution >= 4 is 23.2 Å². The number of nitrogens with two attached hydrogens (primary N) is 1. The Hall–Kier alpha value is -1.30. The first-order valence-corrected chi connectivity index (χ1v) is 6.43. The number of benzene rings is 1. The van der Waals surface area contributed by atoms with Crippen LogP contribution < -0.4 is 11.1 Å². The molecule has 1 aromatic rings. The standard InChI is InChI=1S/C13H19ClN2O3/c1-18-7-8-19-6-2-5-16-13(17)10-3-4-12(15)11(14)9-10/h3-4,9H,2,5-8,15H2,1H3,(H,16,17). The second-order valence-corrected chi connectivity index (χ2v) is 4.36. The van der Waals surface area contributed by atoms with Crippen LogP contribution in [-0.4, -0.2) is 39.4 Å². The van der Waals surface area contributed by atoms with Crippen molar-refractivity contribution in [1.82, 2.24) is 5.32 Å². The Labute approximate surface area is 118 Å². The van der Waals surface area contributed by atoms with Crippen LogP contribution in [0.1, 0.15) is 16.8 Å². The number of halogens is 1. The number of anilines is 1. The van der Waals surface area contributed by atoms with Crippen LogP contribution in [0.15, 0.2) is 18.2 Å². The van der Waals surface area contributed by atoms with Gasteiger partial charge in [0.15, 0.2) is 0 Å². The summed E-state index contributed by atoms with van der Waals surface area (Å²) < 4.78 is 10.1. The maximum absolute atomic E-state index is 11.8. The average molecular weight is 287 g/mol. The molecule has 1 rings (SSSR count). The molecule has 5 nitrogen and oxygen atoms in total. The number of nitrogen functional groups attached to an aromatic ring is 1. The minimum absolute atomic E-state index is 0.168. The van der Waals surface area contributed by atoms with Crippen molar-refractivity contribution < 1.29 is 14.3 Å². The fourth-order valence-electron chi connectivity index (χ4n) is 1.39. The first kappa shape index (κ1) is 15.8. The third kappa shape index (κ3) is 5.92. The number of carbonyl (C=O) groups is 1. The number of methoxy groups -OCH3 is 1. The number of carbonyl (C=O) groups excluding carboxylic acids is 1. The molecule has 0 heterocycles. The Morgan fingerprint density at radius 1 is 1.37 bits per heavy atom. The molecule has 0 spiro atoms. The van der Waals surface area contributed by atoms with E-state index in [-0.39, 0.29) is 5.91 Å². The van der Waals surface area contributed by atoms with Crippen molar-refractivity contribution in [3.05, 3.63) is 28.8 Å². The molecule has 0 aromatic heterocycles. The van der Waals surface area contributed by atoms with Crippen LogP contribution in [-0.2, 0) is 9.47 Å². The van der Waals surface area contributed by atoms with E-state index in [1.165, 1.54) is 0 Å². The number of rotatable bonds is 8. The lowest BCUT2D eigenvalue weighted by molar-refractivity contribution is 0.0688. The highest BCUT2D eigenvalue weighted by molar-refractivity contribution is 6.33. The molecule has 1 aromatic carbocycles. The summed E-state index contributed by atoms with van der Waals surface area (Å²) in [7, 11) is 1.63. The zero-order valence-electron chi connectivity index (χ0n) is 10.9. The van der Waals surface area contributed by atoms with Gasteiger partial charge >= 0.3 is 0 Å². The summed E-state index contributed by atoms with van der Waals surface area (Å²) in [5.74, 6) is -0.168. The maximum Gasteiger partial charge on any atom is 0.251 e. The van der Waals surface area contributed by atoms with E-state index >= 15 is 0 Å².